The Morgan fingerprint density at radius 2 is 2.24 bits per heavy atom. The number of hydrogen-bond donors (Lipinski definition) is 3. The Bertz CT molecular complexity index is 1220. The summed E-state index contributed by atoms with van der Waals surface area (Å²) in [6, 6.07) is -1.02. The molecule has 172 valence electrons. The van der Waals surface area contributed by atoms with Gasteiger partial charge in [-0.1, -0.05) is 17.3 Å². The van der Waals surface area contributed by atoms with E-state index in [9.17, 15) is 24.7 Å². The van der Waals surface area contributed by atoms with Crippen LogP contribution < -0.4 is 45.7 Å². The summed E-state index contributed by atoms with van der Waals surface area (Å²) in [7, 11) is 0. The molecule has 0 radical (unpaired) electrons. The van der Waals surface area contributed by atoms with E-state index < -0.39 is 34.9 Å². The van der Waals surface area contributed by atoms with Gasteiger partial charge in [0.1, 0.15) is 17.1 Å². The van der Waals surface area contributed by atoms with Crippen LogP contribution in [-0.2, 0) is 20.9 Å². The SMILES string of the molecule is Cc1nnn(C/C=C\C2=C(C(=O)[O-])N3C(=O)C(NC(=O)C(=NO)c4csc(N)n4)[C@H]3SC2)n1.[Na+]. The molecule has 1 unspecified atom stereocenters. The normalized spacial score (nSPS) is 20.1. The van der Waals surface area contributed by atoms with Crippen LogP contribution in [0.15, 0.2) is 34.0 Å². The third kappa shape index (κ3) is 5.00. The van der Waals surface area contributed by atoms with Gasteiger partial charge in [0.15, 0.2) is 16.7 Å². The molecular weight excluding hydrogens is 497 g/mol. The molecule has 4 rings (SSSR count). The molecule has 2 atom stereocenters. The third-order valence-corrected chi connectivity index (χ3v) is 6.67. The van der Waals surface area contributed by atoms with E-state index in [2.05, 4.69) is 30.9 Å². The monoisotopic (exact) mass is 513 g/mol. The maximum atomic E-state index is 12.7. The number of fused-ring (bicyclic) bond motifs is 1. The minimum atomic E-state index is -1.51. The first-order chi connectivity index (χ1) is 15.8. The fourth-order valence-corrected chi connectivity index (χ4v) is 5.14. The summed E-state index contributed by atoms with van der Waals surface area (Å²) in [6.07, 6.45) is 3.21. The van der Waals surface area contributed by atoms with Crippen molar-refractivity contribution in [1.29, 1.82) is 0 Å². The number of carboxylic acid groups (broad SMARTS) is 1. The Kier molecular flexibility index (Phi) is 8.09. The molecule has 2 aromatic rings. The van der Waals surface area contributed by atoms with Crippen molar-refractivity contribution in [2.45, 2.75) is 24.9 Å². The van der Waals surface area contributed by atoms with Gasteiger partial charge >= 0.3 is 29.6 Å². The van der Waals surface area contributed by atoms with Gasteiger partial charge in [-0.15, -0.1) is 33.3 Å². The standard InChI is InChI=1S/C17H17N9O5S2.Na/c1-7-21-24-25(22-7)4-2-3-8-5-32-15-11(14(28)26(15)12(8)16(29)30)20-13(27)10(23-31)9-6-33-17(18)19-9;/h2-3,6,11,15,31H,4-5H2,1H3,(H2,18,19)(H,20,27)(H,29,30);/q;+1/p-1/b3-2-,23-10?;/t11?,15-;/m1./s1. The number of nitrogens with zero attached hydrogens (tertiary/aromatic N) is 7. The number of aromatic nitrogens is 5. The first kappa shape index (κ1) is 25.8. The largest absolute Gasteiger partial charge is 1.00 e. The number of amides is 2. The number of hydrogen-bond acceptors (Lipinski definition) is 13. The van der Waals surface area contributed by atoms with E-state index >= 15 is 0 Å². The summed E-state index contributed by atoms with van der Waals surface area (Å²) in [5.74, 6) is -2.23. The second kappa shape index (κ2) is 10.6. The number of carbonyl (C=O) groups is 3. The number of rotatable bonds is 7. The number of allylic oxidation sites excluding steroid dienone is 2. The molecule has 2 aliphatic rings. The maximum absolute atomic E-state index is 12.7. The molecule has 0 saturated carbocycles. The van der Waals surface area contributed by atoms with Crippen LogP contribution in [0.5, 0.6) is 0 Å². The molecule has 2 amide bonds. The molecule has 17 heteroatoms. The van der Waals surface area contributed by atoms with E-state index in [1.165, 1.54) is 21.9 Å². The Morgan fingerprint density at radius 1 is 1.47 bits per heavy atom. The molecule has 1 saturated heterocycles. The number of nitrogen functional groups attached to an aromatic ring is 1. The Balaban J connectivity index is 0.00000324. The van der Waals surface area contributed by atoms with Crippen molar-refractivity contribution in [1.82, 2.24) is 35.4 Å². The number of carboxylic acids is 1. The average molecular weight is 513 g/mol. The van der Waals surface area contributed by atoms with Crippen LogP contribution in [0, 0.1) is 6.92 Å². The number of thioether (sulfide) groups is 1. The van der Waals surface area contributed by atoms with Crippen molar-refractivity contribution in [2.24, 2.45) is 5.16 Å². The molecule has 2 aromatic heterocycles. The van der Waals surface area contributed by atoms with Crippen LogP contribution in [-0.4, -0.2) is 76.0 Å². The van der Waals surface area contributed by atoms with E-state index in [-0.39, 0.29) is 58.4 Å². The van der Waals surface area contributed by atoms with Crippen LogP contribution in [0.2, 0.25) is 0 Å². The zero-order valence-corrected chi connectivity index (χ0v) is 21.5. The van der Waals surface area contributed by atoms with Gasteiger partial charge in [0.05, 0.1) is 18.2 Å². The van der Waals surface area contributed by atoms with Crippen molar-refractivity contribution >= 4 is 51.7 Å². The topological polar surface area (TPSA) is 205 Å². The van der Waals surface area contributed by atoms with Crippen LogP contribution in [0.25, 0.3) is 0 Å². The van der Waals surface area contributed by atoms with E-state index in [4.69, 9.17) is 5.73 Å². The molecule has 0 spiro atoms. The van der Waals surface area contributed by atoms with Gasteiger partial charge in [-0.25, -0.2) is 4.98 Å². The van der Waals surface area contributed by atoms with Crippen LogP contribution >= 0.6 is 23.1 Å². The second-order valence-electron chi connectivity index (χ2n) is 6.84. The summed E-state index contributed by atoms with van der Waals surface area (Å²) in [5, 5.41) is 39.0. The number of β-lactam (4-membered cyclic amide) rings is 1. The quantitative estimate of drug-likeness (QED) is 0.105. The molecule has 4 heterocycles. The molecule has 1 fully saturated rings. The van der Waals surface area contributed by atoms with Gasteiger partial charge in [0.2, 0.25) is 0 Å². The zero-order valence-electron chi connectivity index (χ0n) is 17.9. The summed E-state index contributed by atoms with van der Waals surface area (Å²) < 4.78 is 0. The summed E-state index contributed by atoms with van der Waals surface area (Å²) in [5.41, 5.74) is 5.29. The van der Waals surface area contributed by atoms with Crippen molar-refractivity contribution in [3.63, 3.8) is 0 Å². The number of aryl methyl sites for hydroxylation is 1. The van der Waals surface area contributed by atoms with Gasteiger partial charge in [0.25, 0.3) is 11.8 Å². The minimum absolute atomic E-state index is 0. The number of carbonyl (C=O) groups excluding carboxylic acids is 3. The zero-order chi connectivity index (χ0) is 23.7. The van der Waals surface area contributed by atoms with Gasteiger partial charge in [-0.3, -0.25) is 14.5 Å². The molecule has 0 bridgehead atoms. The summed E-state index contributed by atoms with van der Waals surface area (Å²) >= 11 is 2.32. The minimum Gasteiger partial charge on any atom is -0.543 e. The van der Waals surface area contributed by atoms with Crippen molar-refractivity contribution in [3.8, 4) is 0 Å². The molecule has 0 aliphatic carbocycles. The molecule has 2 aliphatic heterocycles. The van der Waals surface area contributed by atoms with E-state index in [0.717, 1.165) is 16.2 Å². The van der Waals surface area contributed by atoms with Crippen LogP contribution in [0.4, 0.5) is 5.13 Å². The van der Waals surface area contributed by atoms with Crippen molar-refractivity contribution in [3.05, 3.63) is 40.3 Å². The van der Waals surface area contributed by atoms with Crippen LogP contribution in [0.1, 0.15) is 11.5 Å². The van der Waals surface area contributed by atoms with E-state index in [0.29, 0.717) is 11.4 Å². The molecule has 0 aromatic carbocycles. The fourth-order valence-electron chi connectivity index (χ4n) is 3.27. The van der Waals surface area contributed by atoms with Gasteiger partial charge < -0.3 is 26.2 Å². The molecule has 4 N–H and O–H groups in total. The fraction of sp³-hybridized carbons (Fsp3) is 0.294. The Hall–Kier alpha value is -2.79. The van der Waals surface area contributed by atoms with Crippen molar-refractivity contribution < 1.29 is 54.3 Å². The first-order valence-electron chi connectivity index (χ1n) is 9.34. The van der Waals surface area contributed by atoms with Crippen LogP contribution in [0.3, 0.4) is 0 Å². The smallest absolute Gasteiger partial charge is 0.543 e. The summed E-state index contributed by atoms with van der Waals surface area (Å²) in [4.78, 5) is 43.3. The predicted octanol–water partition coefficient (Wildman–Crippen LogP) is -5.14. The Morgan fingerprint density at radius 3 is 2.82 bits per heavy atom. The first-order valence-corrected chi connectivity index (χ1v) is 11.3. The Labute approximate surface area is 222 Å². The number of nitrogens with two attached hydrogens (primary N) is 1. The molecular formula is C17H16N9NaO5S2. The average Bonchev–Trinajstić information content (AvgIpc) is 3.39. The van der Waals surface area contributed by atoms with Gasteiger partial charge in [0, 0.05) is 11.1 Å². The third-order valence-electron chi connectivity index (χ3n) is 4.70. The number of aliphatic carboxylic acids is 1. The molecule has 14 nitrogen and oxygen atoms in total. The number of nitrogens with one attached hydrogen (secondary N) is 1. The number of thiazole rings is 1. The predicted molar refractivity (Wildman–Crippen MR) is 114 cm³/mol. The second-order valence-corrected chi connectivity index (χ2v) is 8.83. The van der Waals surface area contributed by atoms with Gasteiger partial charge in [-0.2, -0.15) is 4.80 Å². The maximum Gasteiger partial charge on any atom is 1.00 e. The van der Waals surface area contributed by atoms with Gasteiger partial charge in [-0.05, 0) is 17.7 Å². The number of oxime groups is 1. The number of anilines is 1. The van der Waals surface area contributed by atoms with E-state index in [1.807, 2.05) is 0 Å². The number of tetrazole rings is 1. The van der Waals surface area contributed by atoms with Crippen molar-refractivity contribution in [2.75, 3.05) is 11.5 Å². The molecule has 34 heavy (non-hydrogen) atoms. The summed E-state index contributed by atoms with van der Waals surface area (Å²) in [6.45, 7) is 1.95. The van der Waals surface area contributed by atoms with E-state index in [1.54, 1.807) is 19.1 Å².